The van der Waals surface area contributed by atoms with Crippen LogP contribution in [0.2, 0.25) is 0 Å². The van der Waals surface area contributed by atoms with E-state index in [1.807, 2.05) is 6.07 Å². The molecule has 10 rings (SSSR count). The second kappa shape index (κ2) is 12.9. The van der Waals surface area contributed by atoms with Gasteiger partial charge in [-0.3, -0.25) is 0 Å². The van der Waals surface area contributed by atoms with E-state index in [4.69, 9.17) is 4.42 Å². The summed E-state index contributed by atoms with van der Waals surface area (Å²) in [5, 5.41) is 7.41. The van der Waals surface area contributed by atoms with E-state index in [1.165, 1.54) is 70.3 Å². The van der Waals surface area contributed by atoms with Crippen LogP contribution in [0.15, 0.2) is 174 Å². The molecule has 2 nitrogen and oxygen atoms in total. The van der Waals surface area contributed by atoms with Crippen molar-refractivity contribution in [2.45, 2.75) is 38.0 Å². The largest absolute Gasteiger partial charge is 0.456 e. The highest BCUT2D eigenvalue weighted by atomic mass is 16.3. The first-order chi connectivity index (χ1) is 25.8. The number of anilines is 3. The van der Waals surface area contributed by atoms with Gasteiger partial charge in [0.25, 0.3) is 0 Å². The summed E-state index contributed by atoms with van der Waals surface area (Å²) < 4.78 is 6.41. The standard InChI is InChI=1S/C50H39NO/c1-2-15-35(16-3-1)40-25-12-19-36-20-13-26-44(50(36)40)41-23-7-10-28-47(41)51(46-29-14-18-34-17-4-5-21-38(34)46)45-27-9-6-22-39(45)37-31-32-43-42-24-8-11-30-48(42)52-49(43)33-37/h4-14,17-33,35H,1-3,15-16H2. The second-order valence-corrected chi connectivity index (χ2v) is 14.3. The van der Waals surface area contributed by atoms with Gasteiger partial charge in [0.05, 0.1) is 17.1 Å². The first kappa shape index (κ1) is 30.7. The third-order valence-electron chi connectivity index (χ3n) is 11.3. The minimum Gasteiger partial charge on any atom is -0.456 e. The summed E-state index contributed by atoms with van der Waals surface area (Å²) in [6.07, 6.45) is 6.50. The van der Waals surface area contributed by atoms with Gasteiger partial charge in [0, 0.05) is 27.3 Å². The average Bonchev–Trinajstić information content (AvgIpc) is 3.59. The lowest BCUT2D eigenvalue weighted by Gasteiger charge is -2.31. The van der Waals surface area contributed by atoms with E-state index in [2.05, 4.69) is 169 Å². The molecule has 0 bridgehead atoms. The number of hydrogen-bond acceptors (Lipinski definition) is 2. The molecule has 250 valence electrons. The highest BCUT2D eigenvalue weighted by Crippen LogP contribution is 2.49. The number of benzene rings is 8. The Morgan fingerprint density at radius 3 is 1.88 bits per heavy atom. The lowest BCUT2D eigenvalue weighted by molar-refractivity contribution is 0.445. The fraction of sp³-hybridized carbons (Fsp3) is 0.120. The van der Waals surface area contributed by atoms with Crippen LogP contribution in [0.5, 0.6) is 0 Å². The van der Waals surface area contributed by atoms with Crippen LogP contribution >= 0.6 is 0 Å². The van der Waals surface area contributed by atoms with Gasteiger partial charge in [-0.25, -0.2) is 0 Å². The van der Waals surface area contributed by atoms with Gasteiger partial charge in [0.15, 0.2) is 0 Å². The normalized spacial score (nSPS) is 13.7. The Balaban J connectivity index is 1.23. The third-order valence-corrected chi connectivity index (χ3v) is 11.3. The van der Waals surface area contributed by atoms with Gasteiger partial charge in [0.2, 0.25) is 0 Å². The Labute approximate surface area is 304 Å². The molecule has 0 N–H and O–H groups in total. The van der Waals surface area contributed by atoms with Crippen molar-refractivity contribution in [3.8, 4) is 22.3 Å². The van der Waals surface area contributed by atoms with Crippen LogP contribution in [-0.2, 0) is 0 Å². The van der Waals surface area contributed by atoms with Crippen molar-refractivity contribution >= 4 is 60.5 Å². The smallest absolute Gasteiger partial charge is 0.136 e. The maximum Gasteiger partial charge on any atom is 0.136 e. The molecule has 1 aromatic heterocycles. The maximum absolute atomic E-state index is 6.41. The van der Waals surface area contributed by atoms with E-state index in [0.29, 0.717) is 5.92 Å². The summed E-state index contributed by atoms with van der Waals surface area (Å²) >= 11 is 0. The van der Waals surface area contributed by atoms with E-state index < -0.39 is 0 Å². The topological polar surface area (TPSA) is 16.4 Å². The van der Waals surface area contributed by atoms with Crippen molar-refractivity contribution in [3.05, 3.63) is 175 Å². The van der Waals surface area contributed by atoms with Crippen LogP contribution in [-0.4, -0.2) is 0 Å². The number of rotatable bonds is 6. The molecule has 0 unspecified atom stereocenters. The minimum absolute atomic E-state index is 0.592. The van der Waals surface area contributed by atoms with Gasteiger partial charge < -0.3 is 9.32 Å². The van der Waals surface area contributed by atoms with E-state index in [0.717, 1.165) is 50.1 Å². The summed E-state index contributed by atoms with van der Waals surface area (Å²) in [4.78, 5) is 2.50. The van der Waals surface area contributed by atoms with Gasteiger partial charge >= 0.3 is 0 Å². The van der Waals surface area contributed by atoms with E-state index in [9.17, 15) is 0 Å². The van der Waals surface area contributed by atoms with Crippen molar-refractivity contribution < 1.29 is 4.42 Å². The van der Waals surface area contributed by atoms with Gasteiger partial charge in [-0.05, 0) is 88.0 Å². The molecule has 0 spiro atoms. The average molecular weight is 670 g/mol. The van der Waals surface area contributed by atoms with E-state index in [-0.39, 0.29) is 0 Å². The molecule has 0 atom stereocenters. The summed E-state index contributed by atoms with van der Waals surface area (Å²) in [5.74, 6) is 0.592. The zero-order chi connectivity index (χ0) is 34.4. The SMILES string of the molecule is c1ccc(N(c2ccccc2-c2cccc3cccc(C4CCCCC4)c23)c2cccc3ccccc23)c(-c2ccc3c(c2)oc2ccccc23)c1. The lowest BCUT2D eigenvalue weighted by atomic mass is 9.80. The molecule has 52 heavy (non-hydrogen) atoms. The van der Waals surface area contributed by atoms with E-state index >= 15 is 0 Å². The molecule has 0 radical (unpaired) electrons. The monoisotopic (exact) mass is 669 g/mol. The summed E-state index contributed by atoms with van der Waals surface area (Å²) in [6.45, 7) is 0. The second-order valence-electron chi connectivity index (χ2n) is 14.3. The van der Waals surface area contributed by atoms with Crippen LogP contribution < -0.4 is 4.90 Å². The molecule has 9 aromatic rings. The summed E-state index contributed by atoms with van der Waals surface area (Å²) in [6, 6.07) is 62.1. The molecule has 1 fully saturated rings. The van der Waals surface area contributed by atoms with Crippen molar-refractivity contribution in [2.75, 3.05) is 4.90 Å². The fourth-order valence-electron chi connectivity index (χ4n) is 8.84. The Kier molecular flexibility index (Phi) is 7.61. The Morgan fingerprint density at radius 2 is 1.02 bits per heavy atom. The quantitative estimate of drug-likeness (QED) is 0.175. The molecule has 1 aliphatic rings. The summed E-state index contributed by atoms with van der Waals surface area (Å²) in [7, 11) is 0. The maximum atomic E-state index is 6.41. The molecule has 1 saturated carbocycles. The molecule has 0 aliphatic heterocycles. The number of para-hydroxylation sites is 3. The third kappa shape index (κ3) is 5.17. The molecule has 1 aliphatic carbocycles. The number of hydrogen-bond donors (Lipinski definition) is 0. The molecule has 8 aromatic carbocycles. The zero-order valence-electron chi connectivity index (χ0n) is 29.1. The van der Waals surface area contributed by atoms with Crippen LogP contribution in [0.1, 0.15) is 43.6 Å². The van der Waals surface area contributed by atoms with Crippen molar-refractivity contribution in [1.29, 1.82) is 0 Å². The highest BCUT2D eigenvalue weighted by Gasteiger charge is 2.25. The summed E-state index contributed by atoms with van der Waals surface area (Å²) in [5.41, 5.74) is 11.5. The van der Waals surface area contributed by atoms with Crippen molar-refractivity contribution in [3.63, 3.8) is 0 Å². The number of furan rings is 1. The van der Waals surface area contributed by atoms with Crippen LogP contribution in [0.3, 0.4) is 0 Å². The predicted octanol–water partition coefficient (Wildman–Crippen LogP) is 14.7. The van der Waals surface area contributed by atoms with Crippen molar-refractivity contribution in [1.82, 2.24) is 0 Å². The van der Waals surface area contributed by atoms with Crippen LogP contribution in [0, 0.1) is 0 Å². The predicted molar refractivity (Wildman–Crippen MR) is 220 cm³/mol. The first-order valence-corrected chi connectivity index (χ1v) is 18.7. The molecule has 1 heterocycles. The van der Waals surface area contributed by atoms with Crippen LogP contribution in [0.25, 0.3) is 65.7 Å². The lowest BCUT2D eigenvalue weighted by Crippen LogP contribution is -2.13. The van der Waals surface area contributed by atoms with E-state index in [1.54, 1.807) is 0 Å². The first-order valence-electron chi connectivity index (χ1n) is 18.7. The van der Waals surface area contributed by atoms with Gasteiger partial charge in [0.1, 0.15) is 11.2 Å². The van der Waals surface area contributed by atoms with Gasteiger partial charge in [-0.15, -0.1) is 0 Å². The minimum atomic E-state index is 0.592. The van der Waals surface area contributed by atoms with Gasteiger partial charge in [-0.1, -0.05) is 153 Å². The molecular formula is C50H39NO. The van der Waals surface area contributed by atoms with Crippen molar-refractivity contribution in [2.24, 2.45) is 0 Å². The zero-order valence-corrected chi connectivity index (χ0v) is 29.1. The number of fused-ring (bicyclic) bond motifs is 5. The van der Waals surface area contributed by atoms with Gasteiger partial charge in [-0.2, -0.15) is 0 Å². The highest BCUT2D eigenvalue weighted by molar-refractivity contribution is 6.09. The van der Waals surface area contributed by atoms with Crippen LogP contribution in [0.4, 0.5) is 17.1 Å². The molecule has 0 amide bonds. The molecule has 2 heteroatoms. The Hall–Kier alpha value is -6.12. The Bertz CT molecular complexity index is 2740. The molecule has 0 saturated heterocycles. The number of nitrogens with zero attached hydrogens (tertiary/aromatic N) is 1. The fourth-order valence-corrected chi connectivity index (χ4v) is 8.84. The Morgan fingerprint density at radius 1 is 0.423 bits per heavy atom. The molecular weight excluding hydrogens is 631 g/mol.